The SMILES string of the molecule is CCC(CC)c1nnc(C(Cl)c2ccccc2)o1. The highest BCUT2D eigenvalue weighted by molar-refractivity contribution is 6.22. The summed E-state index contributed by atoms with van der Waals surface area (Å²) < 4.78 is 5.69. The van der Waals surface area contributed by atoms with E-state index in [9.17, 15) is 0 Å². The molecule has 1 unspecified atom stereocenters. The molecule has 1 atom stereocenters. The van der Waals surface area contributed by atoms with E-state index in [2.05, 4.69) is 24.0 Å². The Morgan fingerprint density at radius 1 is 1.06 bits per heavy atom. The number of hydrogen-bond acceptors (Lipinski definition) is 3. The highest BCUT2D eigenvalue weighted by atomic mass is 35.5. The Balaban J connectivity index is 2.20. The Hall–Kier alpha value is -1.35. The lowest BCUT2D eigenvalue weighted by Crippen LogP contribution is -1.95. The largest absolute Gasteiger partial charge is 0.423 e. The van der Waals surface area contributed by atoms with Crippen molar-refractivity contribution in [2.24, 2.45) is 0 Å². The molecule has 18 heavy (non-hydrogen) atoms. The molecular weight excluding hydrogens is 248 g/mol. The molecule has 0 N–H and O–H groups in total. The van der Waals surface area contributed by atoms with Gasteiger partial charge in [0.1, 0.15) is 5.38 Å². The van der Waals surface area contributed by atoms with Gasteiger partial charge in [0, 0.05) is 5.92 Å². The predicted molar refractivity (Wildman–Crippen MR) is 71.8 cm³/mol. The molecule has 96 valence electrons. The third kappa shape index (κ3) is 2.72. The molecule has 0 spiro atoms. The minimum absolute atomic E-state index is 0.325. The summed E-state index contributed by atoms with van der Waals surface area (Å²) in [5, 5.41) is 7.79. The first-order chi connectivity index (χ1) is 8.76. The van der Waals surface area contributed by atoms with Crippen LogP contribution in [0.4, 0.5) is 0 Å². The van der Waals surface area contributed by atoms with Crippen LogP contribution in [0.3, 0.4) is 0 Å². The molecule has 2 rings (SSSR count). The maximum atomic E-state index is 6.34. The standard InChI is InChI=1S/C14H17ClN2O/c1-3-10(4-2)13-16-17-14(18-13)12(15)11-8-6-5-7-9-11/h5-10,12H,3-4H2,1-2H3. The van der Waals surface area contributed by atoms with Crippen molar-refractivity contribution >= 4 is 11.6 Å². The molecule has 1 aromatic heterocycles. The van der Waals surface area contributed by atoms with Crippen molar-refractivity contribution in [1.29, 1.82) is 0 Å². The maximum Gasteiger partial charge on any atom is 0.238 e. The fraction of sp³-hybridized carbons (Fsp3) is 0.429. The summed E-state index contributed by atoms with van der Waals surface area (Å²) in [6.07, 6.45) is 1.99. The molecule has 1 aromatic carbocycles. The van der Waals surface area contributed by atoms with Gasteiger partial charge in [-0.05, 0) is 18.4 Å². The van der Waals surface area contributed by atoms with Gasteiger partial charge < -0.3 is 4.42 Å². The van der Waals surface area contributed by atoms with E-state index in [0.717, 1.165) is 18.4 Å². The van der Waals surface area contributed by atoms with Crippen LogP contribution in [0.5, 0.6) is 0 Å². The average Bonchev–Trinajstić information content (AvgIpc) is 2.90. The van der Waals surface area contributed by atoms with Gasteiger partial charge in [0.25, 0.3) is 0 Å². The van der Waals surface area contributed by atoms with E-state index < -0.39 is 0 Å². The second-order valence-electron chi connectivity index (χ2n) is 4.27. The molecule has 0 bridgehead atoms. The lowest BCUT2D eigenvalue weighted by Gasteiger charge is -2.06. The second-order valence-corrected chi connectivity index (χ2v) is 4.70. The van der Waals surface area contributed by atoms with Crippen LogP contribution in [0, 0.1) is 0 Å². The zero-order valence-corrected chi connectivity index (χ0v) is 11.4. The van der Waals surface area contributed by atoms with E-state index in [4.69, 9.17) is 16.0 Å². The molecule has 0 aliphatic carbocycles. The van der Waals surface area contributed by atoms with Crippen molar-refractivity contribution in [3.8, 4) is 0 Å². The first kappa shape index (κ1) is 13.1. The average molecular weight is 265 g/mol. The van der Waals surface area contributed by atoms with Gasteiger partial charge in [0.15, 0.2) is 0 Å². The molecule has 0 fully saturated rings. The molecule has 0 aliphatic heterocycles. The van der Waals surface area contributed by atoms with Crippen molar-refractivity contribution in [1.82, 2.24) is 10.2 Å². The number of aromatic nitrogens is 2. The van der Waals surface area contributed by atoms with Crippen molar-refractivity contribution in [3.63, 3.8) is 0 Å². The van der Waals surface area contributed by atoms with E-state index in [-0.39, 0.29) is 5.38 Å². The molecule has 0 saturated heterocycles. The van der Waals surface area contributed by atoms with Crippen LogP contribution in [-0.4, -0.2) is 10.2 Å². The lowest BCUT2D eigenvalue weighted by molar-refractivity contribution is 0.406. The first-order valence-corrected chi connectivity index (χ1v) is 6.72. The van der Waals surface area contributed by atoms with Crippen molar-refractivity contribution < 1.29 is 4.42 Å². The maximum absolute atomic E-state index is 6.34. The van der Waals surface area contributed by atoms with Crippen LogP contribution >= 0.6 is 11.6 Å². The Kier molecular flexibility index (Phi) is 4.37. The van der Waals surface area contributed by atoms with Crippen LogP contribution in [0.25, 0.3) is 0 Å². The molecule has 0 aliphatic rings. The summed E-state index contributed by atoms with van der Waals surface area (Å²) in [6, 6.07) is 9.76. The molecule has 0 saturated carbocycles. The fourth-order valence-electron chi connectivity index (χ4n) is 1.92. The van der Waals surface area contributed by atoms with Crippen LogP contribution in [0.15, 0.2) is 34.7 Å². The molecule has 0 radical (unpaired) electrons. The van der Waals surface area contributed by atoms with Gasteiger partial charge in [0.2, 0.25) is 11.8 Å². The number of alkyl halides is 1. The van der Waals surface area contributed by atoms with Crippen LogP contribution in [-0.2, 0) is 0 Å². The minimum Gasteiger partial charge on any atom is -0.423 e. The van der Waals surface area contributed by atoms with Crippen molar-refractivity contribution in [2.45, 2.75) is 38.0 Å². The summed E-state index contributed by atoms with van der Waals surface area (Å²) in [5.74, 6) is 1.49. The normalized spacial score (nSPS) is 12.9. The van der Waals surface area contributed by atoms with Crippen molar-refractivity contribution in [3.05, 3.63) is 47.7 Å². The smallest absolute Gasteiger partial charge is 0.238 e. The summed E-state index contributed by atoms with van der Waals surface area (Å²) in [4.78, 5) is 0. The zero-order valence-electron chi connectivity index (χ0n) is 10.6. The van der Waals surface area contributed by atoms with Gasteiger partial charge in [-0.1, -0.05) is 44.2 Å². The molecule has 2 aromatic rings. The number of benzene rings is 1. The summed E-state index contributed by atoms with van der Waals surface area (Å²) in [7, 11) is 0. The summed E-state index contributed by atoms with van der Waals surface area (Å²) >= 11 is 6.34. The zero-order chi connectivity index (χ0) is 13.0. The Bertz CT molecular complexity index is 480. The predicted octanol–water partition coefficient (Wildman–Crippen LogP) is 4.30. The lowest BCUT2D eigenvalue weighted by atomic mass is 10.0. The molecule has 1 heterocycles. The monoisotopic (exact) mass is 264 g/mol. The number of rotatable bonds is 5. The van der Waals surface area contributed by atoms with E-state index in [1.165, 1.54) is 0 Å². The van der Waals surface area contributed by atoms with Crippen LogP contribution < -0.4 is 0 Å². The van der Waals surface area contributed by atoms with Crippen LogP contribution in [0.2, 0.25) is 0 Å². The van der Waals surface area contributed by atoms with Gasteiger partial charge in [-0.25, -0.2) is 0 Å². The molecule has 0 amide bonds. The van der Waals surface area contributed by atoms with E-state index >= 15 is 0 Å². The topological polar surface area (TPSA) is 38.9 Å². The van der Waals surface area contributed by atoms with E-state index in [1.54, 1.807) is 0 Å². The summed E-state index contributed by atoms with van der Waals surface area (Å²) in [5.41, 5.74) is 0.971. The highest BCUT2D eigenvalue weighted by Crippen LogP contribution is 2.30. The first-order valence-electron chi connectivity index (χ1n) is 6.28. The van der Waals surface area contributed by atoms with Crippen LogP contribution in [0.1, 0.15) is 55.3 Å². The number of hydrogen-bond donors (Lipinski definition) is 0. The van der Waals surface area contributed by atoms with E-state index in [0.29, 0.717) is 17.7 Å². The van der Waals surface area contributed by atoms with Gasteiger partial charge in [0.05, 0.1) is 0 Å². The number of nitrogens with zero attached hydrogens (tertiary/aromatic N) is 2. The second kappa shape index (κ2) is 6.01. The Morgan fingerprint density at radius 3 is 2.28 bits per heavy atom. The molecular formula is C14H17ClN2O. The molecule has 4 heteroatoms. The minimum atomic E-state index is -0.373. The van der Waals surface area contributed by atoms with E-state index in [1.807, 2.05) is 30.3 Å². The third-order valence-electron chi connectivity index (χ3n) is 3.10. The molecule has 3 nitrogen and oxygen atoms in total. The quantitative estimate of drug-likeness (QED) is 0.756. The third-order valence-corrected chi connectivity index (χ3v) is 3.54. The van der Waals surface area contributed by atoms with Gasteiger partial charge in [-0.2, -0.15) is 0 Å². The number of halogens is 1. The van der Waals surface area contributed by atoms with Gasteiger partial charge in [-0.3, -0.25) is 0 Å². The Morgan fingerprint density at radius 2 is 1.67 bits per heavy atom. The van der Waals surface area contributed by atoms with Gasteiger partial charge >= 0.3 is 0 Å². The highest BCUT2D eigenvalue weighted by Gasteiger charge is 2.20. The Labute approximate surface area is 112 Å². The van der Waals surface area contributed by atoms with Crippen molar-refractivity contribution in [2.75, 3.05) is 0 Å². The van der Waals surface area contributed by atoms with Gasteiger partial charge in [-0.15, -0.1) is 21.8 Å². The fourth-order valence-corrected chi connectivity index (χ4v) is 2.15. The summed E-state index contributed by atoms with van der Waals surface area (Å²) in [6.45, 7) is 4.24.